The fourth-order valence-electron chi connectivity index (χ4n) is 3.16. The van der Waals surface area contributed by atoms with E-state index in [1.165, 1.54) is 0 Å². The number of likely N-dealkylation sites (tertiary alicyclic amines) is 1. The van der Waals surface area contributed by atoms with Gasteiger partial charge in [0.25, 0.3) is 0 Å². The van der Waals surface area contributed by atoms with Crippen molar-refractivity contribution in [2.24, 2.45) is 18.9 Å². The van der Waals surface area contributed by atoms with Gasteiger partial charge in [-0.2, -0.15) is 5.10 Å². The van der Waals surface area contributed by atoms with E-state index in [0.29, 0.717) is 18.9 Å². The highest BCUT2D eigenvalue weighted by Gasteiger charge is 2.38. The molecule has 3 heterocycles. The van der Waals surface area contributed by atoms with Gasteiger partial charge in [0.15, 0.2) is 0 Å². The SMILES string of the molecule is CC1CCN(C(=O)C2CC(=O)N(c3cnn(C)c3)C2)CC1. The molecule has 0 spiro atoms. The summed E-state index contributed by atoms with van der Waals surface area (Å²) in [5.74, 6) is 0.658. The van der Waals surface area contributed by atoms with E-state index in [9.17, 15) is 9.59 Å². The number of nitrogens with zero attached hydrogens (tertiary/aromatic N) is 4. The van der Waals surface area contributed by atoms with Gasteiger partial charge < -0.3 is 9.80 Å². The van der Waals surface area contributed by atoms with Crippen LogP contribution in [-0.4, -0.2) is 46.1 Å². The molecule has 2 amide bonds. The number of aryl methyl sites for hydroxylation is 1. The second-order valence-corrected chi connectivity index (χ2v) is 6.29. The summed E-state index contributed by atoms with van der Waals surface area (Å²) < 4.78 is 1.67. The van der Waals surface area contributed by atoms with Gasteiger partial charge in [-0.3, -0.25) is 14.3 Å². The van der Waals surface area contributed by atoms with E-state index in [4.69, 9.17) is 0 Å². The van der Waals surface area contributed by atoms with Gasteiger partial charge in [-0.1, -0.05) is 6.92 Å². The maximum Gasteiger partial charge on any atom is 0.228 e. The van der Waals surface area contributed by atoms with Crippen LogP contribution in [0.2, 0.25) is 0 Å². The molecular weight excluding hydrogens is 268 g/mol. The summed E-state index contributed by atoms with van der Waals surface area (Å²) in [7, 11) is 1.82. The Kier molecular flexibility index (Phi) is 3.69. The maximum atomic E-state index is 12.6. The monoisotopic (exact) mass is 290 g/mol. The van der Waals surface area contributed by atoms with Gasteiger partial charge in [-0.15, -0.1) is 0 Å². The molecule has 0 N–H and O–H groups in total. The van der Waals surface area contributed by atoms with Crippen molar-refractivity contribution in [1.29, 1.82) is 0 Å². The molecule has 0 bridgehead atoms. The molecule has 2 saturated heterocycles. The zero-order chi connectivity index (χ0) is 15.0. The minimum Gasteiger partial charge on any atom is -0.342 e. The van der Waals surface area contributed by atoms with Crippen molar-refractivity contribution in [3.05, 3.63) is 12.4 Å². The Balaban J connectivity index is 1.65. The van der Waals surface area contributed by atoms with E-state index in [-0.39, 0.29) is 17.7 Å². The highest BCUT2D eigenvalue weighted by atomic mass is 16.2. The number of hydrogen-bond donors (Lipinski definition) is 0. The van der Waals surface area contributed by atoms with Gasteiger partial charge >= 0.3 is 0 Å². The first-order chi connectivity index (χ1) is 10.0. The molecule has 6 heteroatoms. The third-order valence-electron chi connectivity index (χ3n) is 4.57. The standard InChI is InChI=1S/C15H22N4O2/c1-11-3-5-18(6-4-11)15(21)12-7-14(20)19(9-12)13-8-16-17(2)10-13/h8,10-12H,3-7,9H2,1-2H3. The quantitative estimate of drug-likeness (QED) is 0.817. The molecule has 1 atom stereocenters. The first-order valence-electron chi connectivity index (χ1n) is 7.62. The van der Waals surface area contributed by atoms with Crippen LogP contribution in [-0.2, 0) is 16.6 Å². The molecule has 0 saturated carbocycles. The van der Waals surface area contributed by atoms with Crippen molar-refractivity contribution in [2.45, 2.75) is 26.2 Å². The van der Waals surface area contributed by atoms with Crippen LogP contribution in [0.3, 0.4) is 0 Å². The molecule has 114 valence electrons. The summed E-state index contributed by atoms with van der Waals surface area (Å²) in [5, 5.41) is 4.09. The molecule has 21 heavy (non-hydrogen) atoms. The predicted octanol–water partition coefficient (Wildman–Crippen LogP) is 1.03. The van der Waals surface area contributed by atoms with Crippen LogP contribution in [0.1, 0.15) is 26.2 Å². The summed E-state index contributed by atoms with van der Waals surface area (Å²) in [4.78, 5) is 28.3. The van der Waals surface area contributed by atoms with Crippen molar-refractivity contribution >= 4 is 17.5 Å². The summed E-state index contributed by atoms with van der Waals surface area (Å²) in [6, 6.07) is 0. The van der Waals surface area contributed by atoms with Crippen molar-refractivity contribution in [3.8, 4) is 0 Å². The molecule has 2 aliphatic heterocycles. The second-order valence-electron chi connectivity index (χ2n) is 6.29. The molecule has 0 radical (unpaired) electrons. The molecule has 6 nitrogen and oxygen atoms in total. The van der Waals surface area contributed by atoms with Crippen LogP contribution < -0.4 is 4.90 Å². The van der Waals surface area contributed by atoms with Gasteiger partial charge in [-0.05, 0) is 18.8 Å². The topological polar surface area (TPSA) is 58.4 Å². The molecule has 2 fully saturated rings. The molecule has 1 aromatic heterocycles. The highest BCUT2D eigenvalue weighted by molar-refractivity contribution is 6.00. The van der Waals surface area contributed by atoms with E-state index in [2.05, 4.69) is 12.0 Å². The van der Waals surface area contributed by atoms with Gasteiger partial charge in [0.1, 0.15) is 0 Å². The van der Waals surface area contributed by atoms with Crippen LogP contribution in [0.4, 0.5) is 5.69 Å². The first-order valence-corrected chi connectivity index (χ1v) is 7.62. The molecule has 1 aromatic rings. The number of anilines is 1. The minimum absolute atomic E-state index is 0.0201. The van der Waals surface area contributed by atoms with Crippen LogP contribution in [0, 0.1) is 11.8 Å². The summed E-state index contributed by atoms with van der Waals surface area (Å²) in [5.41, 5.74) is 0.782. The Hall–Kier alpha value is -1.85. The lowest BCUT2D eigenvalue weighted by Gasteiger charge is -2.32. The highest BCUT2D eigenvalue weighted by Crippen LogP contribution is 2.27. The minimum atomic E-state index is -0.203. The van der Waals surface area contributed by atoms with E-state index in [1.54, 1.807) is 15.8 Å². The number of hydrogen-bond acceptors (Lipinski definition) is 3. The fourth-order valence-corrected chi connectivity index (χ4v) is 3.16. The lowest BCUT2D eigenvalue weighted by atomic mass is 9.97. The largest absolute Gasteiger partial charge is 0.342 e. The van der Waals surface area contributed by atoms with Crippen LogP contribution in [0.25, 0.3) is 0 Å². The van der Waals surface area contributed by atoms with E-state index >= 15 is 0 Å². The zero-order valence-electron chi connectivity index (χ0n) is 12.7. The van der Waals surface area contributed by atoms with Crippen LogP contribution in [0.5, 0.6) is 0 Å². The molecule has 3 rings (SSSR count). The molecular formula is C15H22N4O2. The third-order valence-corrected chi connectivity index (χ3v) is 4.57. The molecule has 0 aliphatic carbocycles. The summed E-state index contributed by atoms with van der Waals surface area (Å²) >= 11 is 0. The van der Waals surface area contributed by atoms with Crippen LogP contribution >= 0.6 is 0 Å². The third kappa shape index (κ3) is 2.80. The van der Waals surface area contributed by atoms with E-state index in [0.717, 1.165) is 31.6 Å². The average molecular weight is 290 g/mol. The second kappa shape index (κ2) is 5.50. The van der Waals surface area contributed by atoms with Gasteiger partial charge in [0, 0.05) is 39.3 Å². The van der Waals surface area contributed by atoms with Gasteiger partial charge in [-0.25, -0.2) is 0 Å². The number of aromatic nitrogens is 2. The Labute approximate surface area is 124 Å². The maximum absolute atomic E-state index is 12.6. The Bertz CT molecular complexity index is 546. The molecule has 0 aromatic carbocycles. The number of rotatable bonds is 2. The van der Waals surface area contributed by atoms with Gasteiger partial charge in [0.05, 0.1) is 17.8 Å². The average Bonchev–Trinajstić information content (AvgIpc) is 3.05. The number of carbonyl (C=O) groups is 2. The van der Waals surface area contributed by atoms with Crippen molar-refractivity contribution < 1.29 is 9.59 Å². The predicted molar refractivity (Wildman–Crippen MR) is 78.6 cm³/mol. The number of amides is 2. The molecule has 1 unspecified atom stereocenters. The number of piperidine rings is 1. The van der Waals surface area contributed by atoms with E-state index < -0.39 is 0 Å². The smallest absolute Gasteiger partial charge is 0.228 e. The van der Waals surface area contributed by atoms with E-state index in [1.807, 2.05) is 18.1 Å². The summed E-state index contributed by atoms with van der Waals surface area (Å²) in [6.45, 7) is 4.37. The Morgan fingerprint density at radius 2 is 2.05 bits per heavy atom. The normalized spacial score (nSPS) is 23.9. The Morgan fingerprint density at radius 3 is 2.67 bits per heavy atom. The van der Waals surface area contributed by atoms with Gasteiger partial charge in [0.2, 0.25) is 11.8 Å². The van der Waals surface area contributed by atoms with Crippen molar-refractivity contribution in [2.75, 3.05) is 24.5 Å². The lowest BCUT2D eigenvalue weighted by molar-refractivity contribution is -0.137. The first kappa shape index (κ1) is 14.1. The lowest BCUT2D eigenvalue weighted by Crippen LogP contribution is -2.42. The number of carbonyl (C=O) groups excluding carboxylic acids is 2. The Morgan fingerprint density at radius 1 is 1.33 bits per heavy atom. The zero-order valence-corrected chi connectivity index (χ0v) is 12.7. The molecule has 2 aliphatic rings. The van der Waals surface area contributed by atoms with Crippen LogP contribution in [0.15, 0.2) is 12.4 Å². The van der Waals surface area contributed by atoms with Crippen molar-refractivity contribution in [1.82, 2.24) is 14.7 Å². The van der Waals surface area contributed by atoms with Crippen molar-refractivity contribution in [3.63, 3.8) is 0 Å². The summed E-state index contributed by atoms with van der Waals surface area (Å²) in [6.07, 6.45) is 5.94. The fraction of sp³-hybridized carbons (Fsp3) is 0.667.